The number of hydrogen-bond donors (Lipinski definition) is 1. The van der Waals surface area contributed by atoms with Crippen molar-refractivity contribution < 1.29 is 14.3 Å². The number of nitrogens with one attached hydrogen (secondary N) is 1. The monoisotopic (exact) mass is 278 g/mol. The first kappa shape index (κ1) is 14.7. The van der Waals surface area contributed by atoms with Crippen LogP contribution in [-0.4, -0.2) is 44.7 Å². The Hall–Kier alpha value is -1.75. The Morgan fingerprint density at radius 2 is 2.00 bits per heavy atom. The number of ether oxygens (including phenoxy) is 2. The topological polar surface area (TPSA) is 50.8 Å². The molecule has 1 aromatic carbocycles. The van der Waals surface area contributed by atoms with Gasteiger partial charge in [0.15, 0.2) is 11.5 Å². The van der Waals surface area contributed by atoms with Crippen LogP contribution in [0.4, 0.5) is 0 Å². The fourth-order valence-electron chi connectivity index (χ4n) is 1.97. The van der Waals surface area contributed by atoms with Crippen molar-refractivity contribution in [2.24, 2.45) is 0 Å². The van der Waals surface area contributed by atoms with E-state index in [1.165, 1.54) is 0 Å². The Kier molecular flexibility index (Phi) is 5.24. The molecule has 1 aromatic rings. The van der Waals surface area contributed by atoms with Gasteiger partial charge in [0, 0.05) is 40.0 Å². The van der Waals surface area contributed by atoms with E-state index in [0.29, 0.717) is 26.2 Å². The molecule has 0 spiro atoms. The van der Waals surface area contributed by atoms with Crippen LogP contribution in [0.3, 0.4) is 0 Å². The molecule has 0 atom stereocenters. The van der Waals surface area contributed by atoms with Gasteiger partial charge in [-0.2, -0.15) is 0 Å². The van der Waals surface area contributed by atoms with E-state index in [9.17, 15) is 4.79 Å². The fraction of sp³-hybridized carbons (Fsp3) is 0.533. The van der Waals surface area contributed by atoms with Gasteiger partial charge in [0.1, 0.15) is 0 Å². The summed E-state index contributed by atoms with van der Waals surface area (Å²) in [5, 5.41) is 3.27. The molecule has 110 valence electrons. The predicted molar refractivity (Wildman–Crippen MR) is 77.1 cm³/mol. The summed E-state index contributed by atoms with van der Waals surface area (Å²) < 4.78 is 11.2. The van der Waals surface area contributed by atoms with Gasteiger partial charge >= 0.3 is 0 Å². The Labute approximate surface area is 119 Å². The maximum atomic E-state index is 11.4. The van der Waals surface area contributed by atoms with Crippen molar-refractivity contribution in [2.45, 2.75) is 19.4 Å². The number of amides is 1. The van der Waals surface area contributed by atoms with E-state index in [2.05, 4.69) is 5.32 Å². The van der Waals surface area contributed by atoms with Gasteiger partial charge in [0.25, 0.3) is 0 Å². The van der Waals surface area contributed by atoms with Crippen molar-refractivity contribution in [3.8, 4) is 11.5 Å². The molecule has 5 heteroatoms. The highest BCUT2D eigenvalue weighted by molar-refractivity contribution is 5.75. The number of hydrogen-bond acceptors (Lipinski definition) is 4. The molecule has 5 nitrogen and oxygen atoms in total. The van der Waals surface area contributed by atoms with Gasteiger partial charge in [-0.3, -0.25) is 4.79 Å². The Bertz CT molecular complexity index is 460. The van der Waals surface area contributed by atoms with Crippen molar-refractivity contribution >= 4 is 5.91 Å². The summed E-state index contributed by atoms with van der Waals surface area (Å²) in [4.78, 5) is 13.0. The summed E-state index contributed by atoms with van der Waals surface area (Å²) in [6, 6.07) is 5.97. The lowest BCUT2D eigenvalue weighted by atomic mass is 10.2. The summed E-state index contributed by atoms with van der Waals surface area (Å²) in [6.45, 7) is 2.79. The molecule has 1 heterocycles. The van der Waals surface area contributed by atoms with Crippen molar-refractivity contribution in [1.82, 2.24) is 10.2 Å². The second kappa shape index (κ2) is 7.14. The number of carbonyl (C=O) groups excluding carboxylic acids is 1. The van der Waals surface area contributed by atoms with Gasteiger partial charge in [0.05, 0.1) is 13.2 Å². The number of fused-ring (bicyclic) bond motifs is 1. The van der Waals surface area contributed by atoms with Gasteiger partial charge in [-0.05, 0) is 17.7 Å². The van der Waals surface area contributed by atoms with Gasteiger partial charge in [0.2, 0.25) is 5.91 Å². The van der Waals surface area contributed by atoms with Crippen LogP contribution in [0.15, 0.2) is 18.2 Å². The van der Waals surface area contributed by atoms with E-state index in [4.69, 9.17) is 9.47 Å². The Morgan fingerprint density at radius 1 is 1.25 bits per heavy atom. The quantitative estimate of drug-likeness (QED) is 0.828. The molecule has 2 rings (SSSR count). The summed E-state index contributed by atoms with van der Waals surface area (Å²) in [5.74, 6) is 1.76. The minimum Gasteiger partial charge on any atom is -0.490 e. The highest BCUT2D eigenvalue weighted by Crippen LogP contribution is 2.30. The van der Waals surface area contributed by atoms with Crippen LogP contribution in [-0.2, 0) is 11.3 Å². The first-order valence-electron chi connectivity index (χ1n) is 6.96. The van der Waals surface area contributed by atoms with Crippen molar-refractivity contribution in [1.29, 1.82) is 0 Å². The lowest BCUT2D eigenvalue weighted by Crippen LogP contribution is -2.26. The van der Waals surface area contributed by atoms with Crippen molar-refractivity contribution in [3.05, 3.63) is 23.8 Å². The van der Waals surface area contributed by atoms with E-state index in [1.54, 1.807) is 19.0 Å². The first-order valence-corrected chi connectivity index (χ1v) is 6.96. The molecule has 20 heavy (non-hydrogen) atoms. The molecule has 0 fully saturated rings. The molecule has 0 radical (unpaired) electrons. The van der Waals surface area contributed by atoms with Crippen LogP contribution < -0.4 is 14.8 Å². The van der Waals surface area contributed by atoms with Gasteiger partial charge in [-0.25, -0.2) is 0 Å². The van der Waals surface area contributed by atoms with E-state index < -0.39 is 0 Å². The smallest absolute Gasteiger partial charge is 0.223 e. The van der Waals surface area contributed by atoms with Crippen LogP contribution >= 0.6 is 0 Å². The van der Waals surface area contributed by atoms with Crippen molar-refractivity contribution in [2.75, 3.05) is 33.9 Å². The third-order valence-electron chi connectivity index (χ3n) is 3.16. The molecular weight excluding hydrogens is 256 g/mol. The third kappa shape index (κ3) is 4.13. The number of rotatable bonds is 5. The van der Waals surface area contributed by atoms with Gasteiger partial charge in [-0.15, -0.1) is 0 Å². The molecule has 0 saturated carbocycles. The Morgan fingerprint density at radius 3 is 2.75 bits per heavy atom. The number of benzene rings is 1. The SMILES string of the molecule is CN(C)C(=O)CCNCc1ccc2c(c1)OCCCO2. The predicted octanol–water partition coefficient (Wildman–Crippen LogP) is 1.42. The minimum atomic E-state index is 0.135. The third-order valence-corrected chi connectivity index (χ3v) is 3.16. The zero-order valence-electron chi connectivity index (χ0n) is 12.1. The number of nitrogens with zero attached hydrogens (tertiary/aromatic N) is 1. The van der Waals surface area contributed by atoms with E-state index in [-0.39, 0.29) is 5.91 Å². The summed E-state index contributed by atoms with van der Waals surface area (Å²) in [6.07, 6.45) is 1.42. The summed E-state index contributed by atoms with van der Waals surface area (Å²) >= 11 is 0. The molecule has 1 aliphatic rings. The highest BCUT2D eigenvalue weighted by Gasteiger charge is 2.10. The van der Waals surface area contributed by atoms with E-state index >= 15 is 0 Å². The van der Waals surface area contributed by atoms with Crippen LogP contribution in [0.5, 0.6) is 11.5 Å². The highest BCUT2D eigenvalue weighted by atomic mass is 16.5. The molecule has 0 unspecified atom stereocenters. The first-order chi connectivity index (χ1) is 9.66. The van der Waals surface area contributed by atoms with Gasteiger partial charge in [-0.1, -0.05) is 6.07 Å². The summed E-state index contributed by atoms with van der Waals surface area (Å²) in [7, 11) is 3.54. The van der Waals surface area contributed by atoms with Crippen LogP contribution in [0, 0.1) is 0 Å². The average molecular weight is 278 g/mol. The van der Waals surface area contributed by atoms with Crippen LogP contribution in [0.1, 0.15) is 18.4 Å². The zero-order chi connectivity index (χ0) is 14.4. The van der Waals surface area contributed by atoms with Crippen LogP contribution in [0.2, 0.25) is 0 Å². The largest absolute Gasteiger partial charge is 0.490 e. The molecule has 1 aliphatic heterocycles. The minimum absolute atomic E-state index is 0.135. The normalized spacial score (nSPS) is 13.7. The van der Waals surface area contributed by atoms with E-state index in [1.807, 2.05) is 18.2 Å². The average Bonchev–Trinajstić information content (AvgIpc) is 2.67. The fourth-order valence-corrected chi connectivity index (χ4v) is 1.97. The van der Waals surface area contributed by atoms with Gasteiger partial charge < -0.3 is 19.7 Å². The van der Waals surface area contributed by atoms with E-state index in [0.717, 1.165) is 30.0 Å². The Balaban J connectivity index is 1.82. The zero-order valence-corrected chi connectivity index (χ0v) is 12.1. The maximum Gasteiger partial charge on any atom is 0.223 e. The second-order valence-electron chi connectivity index (χ2n) is 5.05. The number of carbonyl (C=O) groups is 1. The molecule has 0 aromatic heterocycles. The molecule has 0 bridgehead atoms. The lowest BCUT2D eigenvalue weighted by molar-refractivity contribution is -0.128. The molecule has 1 amide bonds. The summed E-state index contributed by atoms with van der Waals surface area (Å²) in [5.41, 5.74) is 1.13. The molecule has 0 saturated heterocycles. The molecular formula is C15H22N2O3. The van der Waals surface area contributed by atoms with Crippen LogP contribution in [0.25, 0.3) is 0 Å². The lowest BCUT2D eigenvalue weighted by Gasteiger charge is -2.12. The molecule has 0 aliphatic carbocycles. The molecule has 1 N–H and O–H groups in total. The second-order valence-corrected chi connectivity index (χ2v) is 5.05. The van der Waals surface area contributed by atoms with Crippen molar-refractivity contribution in [3.63, 3.8) is 0 Å². The maximum absolute atomic E-state index is 11.4. The standard InChI is InChI=1S/C15H22N2O3/c1-17(2)15(18)6-7-16-11-12-4-5-13-14(10-12)20-9-3-8-19-13/h4-5,10,16H,3,6-9,11H2,1-2H3.